The molecule has 2 atom stereocenters. The van der Waals surface area contributed by atoms with Crippen molar-refractivity contribution in [1.82, 2.24) is 4.98 Å². The highest BCUT2D eigenvalue weighted by Crippen LogP contribution is 2.39. The van der Waals surface area contributed by atoms with Crippen LogP contribution in [0, 0.1) is 11.8 Å². The maximum atomic E-state index is 12.4. The number of hydrogen-bond donors (Lipinski definition) is 1. The minimum Gasteiger partial charge on any atom is -0.478 e. The molecule has 4 rings (SSSR count). The predicted molar refractivity (Wildman–Crippen MR) is 112 cm³/mol. The fraction of sp³-hybridized carbons (Fsp3) is 0.429. The van der Waals surface area contributed by atoms with E-state index in [1.54, 1.807) is 6.07 Å². The van der Waals surface area contributed by atoms with Crippen molar-refractivity contribution in [3.63, 3.8) is 0 Å². The van der Waals surface area contributed by atoms with Crippen LogP contribution >= 0.6 is 0 Å². The van der Waals surface area contributed by atoms with E-state index >= 15 is 0 Å². The maximum absolute atomic E-state index is 12.4. The Morgan fingerprint density at radius 1 is 1.28 bits per heavy atom. The fourth-order valence-corrected chi connectivity index (χ4v) is 5.29. The largest absolute Gasteiger partial charge is 0.478 e. The van der Waals surface area contributed by atoms with Gasteiger partial charge in [0.25, 0.3) is 0 Å². The van der Waals surface area contributed by atoms with Crippen LogP contribution < -0.4 is 9.21 Å². The monoisotopic (exact) mass is 415 g/mol. The van der Waals surface area contributed by atoms with Crippen molar-refractivity contribution in [3.05, 3.63) is 53.6 Å². The van der Waals surface area contributed by atoms with Crippen LogP contribution in [0.5, 0.6) is 0 Å². The number of carboxylic acid groups (broad SMARTS) is 1. The first-order valence-electron chi connectivity index (χ1n) is 9.88. The van der Waals surface area contributed by atoms with Gasteiger partial charge in [-0.1, -0.05) is 37.3 Å². The Morgan fingerprint density at radius 3 is 2.59 bits per heavy atom. The van der Waals surface area contributed by atoms with E-state index in [0.717, 1.165) is 18.5 Å². The van der Waals surface area contributed by atoms with Crippen molar-refractivity contribution in [2.24, 2.45) is 11.8 Å². The highest BCUT2D eigenvalue weighted by molar-refractivity contribution is 7.93. The van der Waals surface area contributed by atoms with Crippen LogP contribution in [0.15, 0.2) is 42.5 Å². The summed E-state index contributed by atoms with van der Waals surface area (Å²) in [4.78, 5) is 18.4. The summed E-state index contributed by atoms with van der Waals surface area (Å²) in [5.41, 5.74) is 1.15. The number of aromatic nitrogens is 1. The molecule has 2 aliphatic rings. The van der Waals surface area contributed by atoms with E-state index in [-0.39, 0.29) is 17.1 Å². The summed E-state index contributed by atoms with van der Waals surface area (Å²) in [7, 11) is -3.44. The van der Waals surface area contributed by atoms with E-state index in [4.69, 9.17) is 0 Å². The Morgan fingerprint density at radius 2 is 2.00 bits per heavy atom. The number of benzene rings is 1. The van der Waals surface area contributed by atoms with Gasteiger partial charge in [-0.3, -0.25) is 4.31 Å². The van der Waals surface area contributed by atoms with E-state index in [1.807, 2.05) is 30.3 Å². The minimum atomic E-state index is -3.44. The molecule has 1 N–H and O–H groups in total. The zero-order chi connectivity index (χ0) is 20.6. The van der Waals surface area contributed by atoms with Gasteiger partial charge in [0.1, 0.15) is 11.6 Å². The standard InChI is InChI=1S/C21H25N3O4S/c1-15-10-18(15)14-23(13-16-6-3-2-4-7-16)19-11-17(21(25)26)12-20(22-19)24-8-5-9-29(24,27)28/h2-4,6-7,11-12,15,18H,5,8-10,13-14H2,1H3,(H,25,26). The van der Waals surface area contributed by atoms with Crippen molar-refractivity contribution >= 4 is 27.6 Å². The number of hydrogen-bond acceptors (Lipinski definition) is 5. The Labute approximate surface area is 171 Å². The summed E-state index contributed by atoms with van der Waals surface area (Å²) >= 11 is 0. The Hall–Kier alpha value is -2.61. The van der Waals surface area contributed by atoms with Gasteiger partial charge in [-0.15, -0.1) is 0 Å². The van der Waals surface area contributed by atoms with Gasteiger partial charge in [0.2, 0.25) is 10.0 Å². The second kappa shape index (κ2) is 7.67. The maximum Gasteiger partial charge on any atom is 0.335 e. The molecule has 1 aromatic carbocycles. The lowest BCUT2D eigenvalue weighted by atomic mass is 10.2. The van der Waals surface area contributed by atoms with Gasteiger partial charge in [0, 0.05) is 19.6 Å². The number of pyridine rings is 1. The van der Waals surface area contributed by atoms with Crippen LogP contribution in [0.3, 0.4) is 0 Å². The predicted octanol–water partition coefficient (Wildman–Crippen LogP) is 2.98. The molecule has 2 aromatic rings. The molecular weight excluding hydrogens is 390 g/mol. The van der Waals surface area contributed by atoms with Gasteiger partial charge in [-0.05, 0) is 42.4 Å². The molecule has 0 amide bonds. The average molecular weight is 416 g/mol. The van der Waals surface area contributed by atoms with Crippen molar-refractivity contribution in [2.45, 2.75) is 26.3 Å². The van der Waals surface area contributed by atoms with E-state index in [2.05, 4.69) is 16.8 Å². The number of carbonyl (C=O) groups is 1. The SMILES string of the molecule is CC1CC1CN(Cc1ccccc1)c1cc(C(=O)O)cc(N2CCCS2(=O)=O)n1. The molecule has 154 valence electrons. The quantitative estimate of drug-likeness (QED) is 0.748. The van der Waals surface area contributed by atoms with Gasteiger partial charge in [0.15, 0.2) is 0 Å². The normalized spacial score (nSPS) is 22.4. The highest BCUT2D eigenvalue weighted by atomic mass is 32.2. The molecule has 29 heavy (non-hydrogen) atoms. The van der Waals surface area contributed by atoms with Crippen LogP contribution in [0.25, 0.3) is 0 Å². The highest BCUT2D eigenvalue weighted by Gasteiger charge is 2.35. The first kappa shape index (κ1) is 19.7. The molecular formula is C21H25N3O4S. The van der Waals surface area contributed by atoms with Crippen LogP contribution in [0.4, 0.5) is 11.6 Å². The van der Waals surface area contributed by atoms with E-state index in [0.29, 0.717) is 37.2 Å². The third-order valence-electron chi connectivity index (χ3n) is 5.67. The number of anilines is 2. The molecule has 0 bridgehead atoms. The van der Waals surface area contributed by atoms with Crippen LogP contribution in [-0.2, 0) is 16.6 Å². The molecule has 2 heterocycles. The average Bonchev–Trinajstić information content (AvgIpc) is 3.26. The number of sulfonamides is 1. The summed E-state index contributed by atoms with van der Waals surface area (Å²) in [6.45, 7) is 3.88. The lowest BCUT2D eigenvalue weighted by molar-refractivity contribution is 0.0696. The van der Waals surface area contributed by atoms with E-state index in [1.165, 1.54) is 10.4 Å². The zero-order valence-corrected chi connectivity index (χ0v) is 17.2. The molecule has 1 saturated carbocycles. The van der Waals surface area contributed by atoms with E-state index in [9.17, 15) is 18.3 Å². The number of rotatable bonds is 7. The summed E-state index contributed by atoms with van der Waals surface area (Å²) < 4.78 is 26.0. The first-order chi connectivity index (χ1) is 13.8. The fourth-order valence-electron chi connectivity index (χ4n) is 3.79. The van der Waals surface area contributed by atoms with E-state index < -0.39 is 16.0 Å². The molecule has 1 aliphatic heterocycles. The number of carboxylic acids is 1. The number of aromatic carboxylic acids is 1. The lowest BCUT2D eigenvalue weighted by Gasteiger charge is -2.26. The lowest BCUT2D eigenvalue weighted by Crippen LogP contribution is -2.30. The van der Waals surface area contributed by atoms with Crippen molar-refractivity contribution in [1.29, 1.82) is 0 Å². The van der Waals surface area contributed by atoms with Crippen molar-refractivity contribution < 1.29 is 18.3 Å². The van der Waals surface area contributed by atoms with Gasteiger partial charge in [-0.2, -0.15) is 0 Å². The smallest absolute Gasteiger partial charge is 0.335 e. The second-order valence-corrected chi connectivity index (χ2v) is 9.97. The Bertz CT molecular complexity index is 1010. The van der Waals surface area contributed by atoms with Gasteiger partial charge in [-0.25, -0.2) is 18.2 Å². The Balaban J connectivity index is 1.73. The molecule has 2 unspecified atom stereocenters. The molecule has 8 heteroatoms. The molecule has 7 nitrogen and oxygen atoms in total. The molecule has 1 aromatic heterocycles. The van der Waals surface area contributed by atoms with Crippen molar-refractivity contribution in [2.75, 3.05) is 28.0 Å². The molecule has 0 spiro atoms. The second-order valence-electron chi connectivity index (χ2n) is 7.96. The van der Waals surface area contributed by atoms with Crippen molar-refractivity contribution in [3.8, 4) is 0 Å². The van der Waals surface area contributed by atoms with Crippen LogP contribution in [-0.4, -0.2) is 43.3 Å². The van der Waals surface area contributed by atoms with Gasteiger partial charge < -0.3 is 10.0 Å². The van der Waals surface area contributed by atoms with Gasteiger partial charge >= 0.3 is 5.97 Å². The summed E-state index contributed by atoms with van der Waals surface area (Å²) in [6.07, 6.45) is 1.65. The third-order valence-corrected chi connectivity index (χ3v) is 7.52. The Kier molecular flexibility index (Phi) is 5.21. The third kappa shape index (κ3) is 4.37. The molecule has 2 fully saturated rings. The topological polar surface area (TPSA) is 90.8 Å². The minimum absolute atomic E-state index is 0.0500. The molecule has 0 radical (unpaired) electrons. The first-order valence-corrected chi connectivity index (χ1v) is 11.5. The van der Waals surface area contributed by atoms with Crippen LogP contribution in [0.2, 0.25) is 0 Å². The summed E-state index contributed by atoms with van der Waals surface area (Å²) in [6, 6.07) is 12.8. The molecule has 1 saturated heterocycles. The van der Waals surface area contributed by atoms with Crippen LogP contribution in [0.1, 0.15) is 35.7 Å². The molecule has 1 aliphatic carbocycles. The summed E-state index contributed by atoms with van der Waals surface area (Å²) in [5.74, 6) is 0.840. The van der Waals surface area contributed by atoms with Gasteiger partial charge in [0.05, 0.1) is 11.3 Å². The number of nitrogens with zero attached hydrogens (tertiary/aromatic N) is 3. The summed E-state index contributed by atoms with van der Waals surface area (Å²) in [5, 5.41) is 9.60. The zero-order valence-electron chi connectivity index (χ0n) is 16.4.